The van der Waals surface area contributed by atoms with Crippen LogP contribution in [0, 0.1) is 5.82 Å². The van der Waals surface area contributed by atoms with Crippen molar-refractivity contribution in [3.05, 3.63) is 72.3 Å². The Bertz CT molecular complexity index is 1370. The largest absolute Gasteiger partial charge is 0.457 e. The molecule has 3 heterocycles. The van der Waals surface area contributed by atoms with E-state index in [-0.39, 0.29) is 11.7 Å². The SMILES string of the molecule is CCN1CCCC1CNC(=O)c1cc(Oc2ccc3c(c2)nc(Nc2ccc(F)cc2)n3C)ccn1. The van der Waals surface area contributed by atoms with Crippen molar-refractivity contribution in [1.29, 1.82) is 0 Å². The Balaban J connectivity index is 1.27. The van der Waals surface area contributed by atoms with Gasteiger partial charge in [0.25, 0.3) is 5.91 Å². The van der Waals surface area contributed by atoms with Gasteiger partial charge in [-0.25, -0.2) is 9.37 Å². The number of imidazole rings is 1. The number of carbonyl (C=O) groups is 1. The Kier molecular flexibility index (Phi) is 6.81. The number of likely N-dealkylation sites (N-methyl/N-ethyl adjacent to an activating group) is 1. The van der Waals surface area contributed by atoms with Gasteiger partial charge in [-0.05, 0) is 68.4 Å². The molecule has 1 atom stereocenters. The molecule has 2 N–H and O–H groups in total. The van der Waals surface area contributed by atoms with Gasteiger partial charge in [-0.3, -0.25) is 14.7 Å². The van der Waals surface area contributed by atoms with Crippen LogP contribution in [0.5, 0.6) is 11.5 Å². The molecular formula is C27H29FN6O2. The molecule has 1 unspecified atom stereocenters. The summed E-state index contributed by atoms with van der Waals surface area (Å²) >= 11 is 0. The molecule has 1 aliphatic rings. The Morgan fingerprint density at radius 1 is 1.14 bits per heavy atom. The minimum absolute atomic E-state index is 0.208. The van der Waals surface area contributed by atoms with Crippen molar-refractivity contribution in [1.82, 2.24) is 24.8 Å². The number of pyridine rings is 1. The van der Waals surface area contributed by atoms with Crippen LogP contribution in [0.1, 0.15) is 30.3 Å². The van der Waals surface area contributed by atoms with Gasteiger partial charge in [-0.15, -0.1) is 0 Å². The molecule has 0 saturated carbocycles. The number of carbonyl (C=O) groups excluding carboxylic acids is 1. The van der Waals surface area contributed by atoms with Crippen LogP contribution in [0.2, 0.25) is 0 Å². The number of rotatable bonds is 8. The van der Waals surface area contributed by atoms with E-state index in [0.29, 0.717) is 35.7 Å². The molecular weight excluding hydrogens is 459 g/mol. The van der Waals surface area contributed by atoms with Crippen molar-refractivity contribution < 1.29 is 13.9 Å². The average molecular weight is 489 g/mol. The maximum absolute atomic E-state index is 13.2. The highest BCUT2D eigenvalue weighted by Crippen LogP contribution is 2.28. The standard InChI is InChI=1S/C27H29FN6O2/c1-3-34-14-4-5-20(34)17-30-26(35)24-16-22(12-13-29-24)36-21-10-11-25-23(15-21)32-27(33(25)2)31-19-8-6-18(28)7-9-19/h6-13,15-16,20H,3-5,14,17H2,1-2H3,(H,30,35)(H,31,32). The number of nitrogens with one attached hydrogen (secondary N) is 2. The third-order valence-corrected chi connectivity index (χ3v) is 6.56. The summed E-state index contributed by atoms with van der Waals surface area (Å²) in [6.45, 7) is 4.84. The molecule has 2 aromatic heterocycles. The quantitative estimate of drug-likeness (QED) is 0.369. The normalized spacial score (nSPS) is 15.8. The van der Waals surface area contributed by atoms with E-state index in [2.05, 4.69) is 32.4 Å². The smallest absolute Gasteiger partial charge is 0.270 e. The molecule has 0 bridgehead atoms. The molecule has 8 nitrogen and oxygen atoms in total. The highest BCUT2D eigenvalue weighted by atomic mass is 19.1. The van der Waals surface area contributed by atoms with Gasteiger partial charge in [-0.1, -0.05) is 6.92 Å². The highest BCUT2D eigenvalue weighted by Gasteiger charge is 2.23. The zero-order valence-electron chi connectivity index (χ0n) is 20.4. The zero-order chi connectivity index (χ0) is 25.1. The van der Waals surface area contributed by atoms with Gasteiger partial charge in [0.05, 0.1) is 11.0 Å². The first-order valence-corrected chi connectivity index (χ1v) is 12.2. The second-order valence-electron chi connectivity index (χ2n) is 8.89. The first-order chi connectivity index (χ1) is 17.5. The second kappa shape index (κ2) is 10.3. The molecule has 1 fully saturated rings. The molecule has 1 aliphatic heterocycles. The van der Waals surface area contributed by atoms with Gasteiger partial charge in [-0.2, -0.15) is 0 Å². The predicted molar refractivity (Wildman–Crippen MR) is 137 cm³/mol. The van der Waals surface area contributed by atoms with Gasteiger partial charge >= 0.3 is 0 Å². The number of likely N-dealkylation sites (tertiary alicyclic amines) is 1. The van der Waals surface area contributed by atoms with E-state index in [0.717, 1.165) is 36.2 Å². The first-order valence-electron chi connectivity index (χ1n) is 12.2. The lowest BCUT2D eigenvalue weighted by Gasteiger charge is -2.22. The van der Waals surface area contributed by atoms with E-state index in [4.69, 9.17) is 4.74 Å². The fraction of sp³-hybridized carbons (Fsp3) is 0.296. The molecule has 0 aliphatic carbocycles. The van der Waals surface area contributed by atoms with Crippen molar-refractivity contribution in [2.24, 2.45) is 7.05 Å². The molecule has 0 radical (unpaired) electrons. The summed E-state index contributed by atoms with van der Waals surface area (Å²) in [5.41, 5.74) is 2.71. The minimum Gasteiger partial charge on any atom is -0.457 e. The number of aromatic nitrogens is 3. The van der Waals surface area contributed by atoms with Crippen LogP contribution in [0.15, 0.2) is 60.8 Å². The highest BCUT2D eigenvalue weighted by molar-refractivity contribution is 5.92. The summed E-state index contributed by atoms with van der Waals surface area (Å²) < 4.78 is 21.2. The second-order valence-corrected chi connectivity index (χ2v) is 8.89. The van der Waals surface area contributed by atoms with Gasteiger partial charge < -0.3 is 19.9 Å². The molecule has 2 aromatic carbocycles. The molecule has 4 aromatic rings. The van der Waals surface area contributed by atoms with E-state index < -0.39 is 0 Å². The minimum atomic E-state index is -0.291. The molecule has 9 heteroatoms. The van der Waals surface area contributed by atoms with E-state index in [1.165, 1.54) is 18.6 Å². The fourth-order valence-electron chi connectivity index (χ4n) is 4.60. The fourth-order valence-corrected chi connectivity index (χ4v) is 4.60. The Morgan fingerprint density at radius 3 is 2.75 bits per heavy atom. The number of fused-ring (bicyclic) bond motifs is 1. The van der Waals surface area contributed by atoms with Crippen LogP contribution in [-0.4, -0.2) is 51.0 Å². The van der Waals surface area contributed by atoms with Gasteiger partial charge in [0.15, 0.2) is 0 Å². The molecule has 0 spiro atoms. The Labute approximate surface area is 209 Å². The topological polar surface area (TPSA) is 84.3 Å². The molecule has 186 valence electrons. The summed E-state index contributed by atoms with van der Waals surface area (Å²) in [7, 11) is 1.90. The summed E-state index contributed by atoms with van der Waals surface area (Å²) in [5, 5.41) is 6.22. The molecule has 5 rings (SSSR count). The summed E-state index contributed by atoms with van der Waals surface area (Å²) in [4.78, 5) is 24.0. The van der Waals surface area contributed by atoms with Crippen LogP contribution in [0.3, 0.4) is 0 Å². The summed E-state index contributed by atoms with van der Waals surface area (Å²) in [6, 6.07) is 15.5. The van der Waals surface area contributed by atoms with Crippen LogP contribution >= 0.6 is 0 Å². The molecule has 1 saturated heterocycles. The zero-order valence-corrected chi connectivity index (χ0v) is 20.4. The number of benzene rings is 2. The number of halogens is 1. The molecule has 36 heavy (non-hydrogen) atoms. The van der Waals surface area contributed by atoms with Gasteiger partial charge in [0.1, 0.15) is 23.0 Å². The van der Waals surface area contributed by atoms with E-state index >= 15 is 0 Å². The number of aryl methyl sites for hydroxylation is 1. The van der Waals surface area contributed by atoms with Gasteiger partial charge in [0, 0.05) is 43.7 Å². The van der Waals surface area contributed by atoms with Crippen LogP contribution < -0.4 is 15.4 Å². The van der Waals surface area contributed by atoms with E-state index in [9.17, 15) is 9.18 Å². The monoisotopic (exact) mass is 488 g/mol. The molecule has 1 amide bonds. The van der Waals surface area contributed by atoms with Gasteiger partial charge in [0.2, 0.25) is 5.95 Å². The number of hydrogen-bond donors (Lipinski definition) is 2. The third kappa shape index (κ3) is 5.16. The third-order valence-electron chi connectivity index (χ3n) is 6.56. The Hall–Kier alpha value is -3.98. The summed E-state index contributed by atoms with van der Waals surface area (Å²) in [6.07, 6.45) is 3.84. The van der Waals surface area contributed by atoms with Crippen LogP contribution in [0.25, 0.3) is 11.0 Å². The number of ether oxygens (including phenoxy) is 1. The number of nitrogens with zero attached hydrogens (tertiary/aromatic N) is 4. The average Bonchev–Trinajstić information content (AvgIpc) is 3.47. The number of amides is 1. The number of anilines is 2. The van der Waals surface area contributed by atoms with Crippen molar-refractivity contribution in [2.75, 3.05) is 25.0 Å². The van der Waals surface area contributed by atoms with Crippen molar-refractivity contribution in [3.63, 3.8) is 0 Å². The predicted octanol–water partition coefficient (Wildman–Crippen LogP) is 4.86. The lowest BCUT2D eigenvalue weighted by atomic mass is 10.2. The lowest BCUT2D eigenvalue weighted by Crippen LogP contribution is -2.40. The lowest BCUT2D eigenvalue weighted by molar-refractivity contribution is 0.0936. The van der Waals surface area contributed by atoms with E-state index in [1.807, 2.05) is 29.8 Å². The maximum Gasteiger partial charge on any atom is 0.270 e. The van der Waals surface area contributed by atoms with Crippen LogP contribution in [0.4, 0.5) is 16.0 Å². The number of hydrogen-bond acceptors (Lipinski definition) is 6. The van der Waals surface area contributed by atoms with Crippen molar-refractivity contribution >= 4 is 28.6 Å². The summed E-state index contributed by atoms with van der Waals surface area (Å²) in [5.74, 6) is 1.24. The first kappa shape index (κ1) is 23.7. The van der Waals surface area contributed by atoms with Crippen molar-refractivity contribution in [2.45, 2.75) is 25.8 Å². The van der Waals surface area contributed by atoms with Crippen molar-refractivity contribution in [3.8, 4) is 11.5 Å². The Morgan fingerprint density at radius 2 is 1.94 bits per heavy atom. The van der Waals surface area contributed by atoms with E-state index in [1.54, 1.807) is 30.5 Å². The maximum atomic E-state index is 13.2. The van der Waals surface area contributed by atoms with Crippen LogP contribution in [-0.2, 0) is 7.05 Å².